The smallest absolute Gasteiger partial charge is 0.314 e. The Hall–Kier alpha value is -2.15. The molecule has 7 nitrogen and oxygen atoms in total. The summed E-state index contributed by atoms with van der Waals surface area (Å²) >= 11 is 0. The van der Waals surface area contributed by atoms with Crippen LogP contribution in [0.4, 0.5) is 0 Å². The standard InChI is InChI=1S/C23H30O7/c1-12-10-22-11-23(12,30-13(2)24)9-8-15(22)14-6-7-16(25)21(3,20(27)29-5)17(14)18(22)19(26)28-4/h6,15-18,25H,1,7-11H2,2-5H3/t15-,16+,17+,18+,21-,22-,23-/m0/s1. The molecule has 164 valence electrons. The van der Waals surface area contributed by atoms with E-state index in [2.05, 4.69) is 6.58 Å². The van der Waals surface area contributed by atoms with E-state index in [-0.39, 0.29) is 11.9 Å². The summed E-state index contributed by atoms with van der Waals surface area (Å²) in [4.78, 5) is 38.0. The van der Waals surface area contributed by atoms with Gasteiger partial charge >= 0.3 is 17.9 Å². The van der Waals surface area contributed by atoms with Crippen LogP contribution in [0.25, 0.3) is 0 Å². The lowest BCUT2D eigenvalue weighted by Gasteiger charge is -2.44. The molecule has 4 aliphatic rings. The van der Waals surface area contributed by atoms with E-state index in [1.807, 2.05) is 6.08 Å². The molecular formula is C23H30O7. The van der Waals surface area contributed by atoms with Gasteiger partial charge < -0.3 is 19.3 Å². The number of carbonyl (C=O) groups is 3. The van der Waals surface area contributed by atoms with Crippen LogP contribution in [0.1, 0.15) is 46.0 Å². The Bertz CT molecular complexity index is 860. The first-order valence-electron chi connectivity index (χ1n) is 10.5. The number of allylic oxidation sites excluding steroid dienone is 1. The van der Waals surface area contributed by atoms with Crippen LogP contribution in [0.15, 0.2) is 23.8 Å². The first-order chi connectivity index (χ1) is 14.1. The van der Waals surface area contributed by atoms with Gasteiger partial charge in [-0.15, -0.1) is 0 Å². The molecule has 1 spiro atoms. The lowest BCUT2D eigenvalue weighted by atomic mass is 9.60. The number of methoxy groups -OCH3 is 2. The van der Waals surface area contributed by atoms with Crippen LogP contribution in [0, 0.1) is 28.6 Å². The molecule has 0 radical (unpaired) electrons. The van der Waals surface area contributed by atoms with Crippen LogP contribution in [0.3, 0.4) is 0 Å². The fourth-order valence-electron chi connectivity index (χ4n) is 7.21. The Morgan fingerprint density at radius 1 is 1.23 bits per heavy atom. The van der Waals surface area contributed by atoms with E-state index in [4.69, 9.17) is 14.2 Å². The maximum atomic E-state index is 13.2. The van der Waals surface area contributed by atoms with Gasteiger partial charge in [-0.05, 0) is 55.9 Å². The maximum absolute atomic E-state index is 13.2. The summed E-state index contributed by atoms with van der Waals surface area (Å²) in [7, 11) is 2.64. The Balaban J connectivity index is 1.90. The van der Waals surface area contributed by atoms with Gasteiger partial charge in [-0.3, -0.25) is 14.4 Å². The number of esters is 3. The predicted molar refractivity (Wildman–Crippen MR) is 106 cm³/mol. The normalized spacial score (nSPS) is 43.9. The van der Waals surface area contributed by atoms with E-state index < -0.39 is 46.3 Å². The van der Waals surface area contributed by atoms with Crippen molar-refractivity contribution in [3.63, 3.8) is 0 Å². The third kappa shape index (κ3) is 2.44. The van der Waals surface area contributed by atoms with Crippen LogP contribution in [-0.2, 0) is 28.6 Å². The summed E-state index contributed by atoms with van der Waals surface area (Å²) in [5, 5.41) is 10.9. The summed E-state index contributed by atoms with van der Waals surface area (Å²) in [6.45, 7) is 7.30. The fraction of sp³-hybridized carbons (Fsp3) is 0.696. The number of aliphatic hydroxyl groups is 1. The molecule has 1 N–H and O–H groups in total. The highest BCUT2D eigenvalue weighted by atomic mass is 16.6. The first-order valence-corrected chi connectivity index (χ1v) is 10.5. The average molecular weight is 418 g/mol. The molecule has 0 aromatic heterocycles. The lowest BCUT2D eigenvalue weighted by Crippen LogP contribution is -2.52. The second-order valence-corrected chi connectivity index (χ2v) is 9.58. The minimum atomic E-state index is -1.27. The number of hydrogen-bond acceptors (Lipinski definition) is 7. The van der Waals surface area contributed by atoms with Crippen LogP contribution in [-0.4, -0.2) is 48.9 Å². The predicted octanol–water partition coefficient (Wildman–Crippen LogP) is 2.32. The molecule has 0 saturated heterocycles. The number of fused-ring (bicyclic) bond motifs is 3. The third-order valence-electron chi connectivity index (χ3n) is 8.38. The van der Waals surface area contributed by atoms with Gasteiger partial charge in [-0.2, -0.15) is 0 Å². The molecule has 0 aromatic carbocycles. The highest BCUT2D eigenvalue weighted by molar-refractivity contribution is 5.83. The van der Waals surface area contributed by atoms with E-state index >= 15 is 0 Å². The molecule has 7 heteroatoms. The third-order valence-corrected chi connectivity index (χ3v) is 8.38. The van der Waals surface area contributed by atoms with Gasteiger partial charge in [-0.1, -0.05) is 18.2 Å². The molecule has 0 aromatic rings. The zero-order valence-electron chi connectivity index (χ0n) is 18.0. The molecule has 0 amide bonds. The first kappa shape index (κ1) is 21.1. The van der Waals surface area contributed by atoms with Crippen LogP contribution < -0.4 is 0 Å². The zero-order valence-corrected chi connectivity index (χ0v) is 18.0. The molecule has 2 bridgehead atoms. The van der Waals surface area contributed by atoms with Crippen LogP contribution >= 0.6 is 0 Å². The van der Waals surface area contributed by atoms with Gasteiger partial charge in [0.25, 0.3) is 0 Å². The van der Waals surface area contributed by atoms with Crippen molar-refractivity contribution in [2.45, 2.75) is 57.7 Å². The van der Waals surface area contributed by atoms with E-state index in [1.165, 1.54) is 21.1 Å². The summed E-state index contributed by atoms with van der Waals surface area (Å²) in [5.74, 6) is -2.47. The summed E-state index contributed by atoms with van der Waals surface area (Å²) in [6, 6.07) is 0. The molecule has 0 unspecified atom stereocenters. The second-order valence-electron chi connectivity index (χ2n) is 9.58. The van der Waals surface area contributed by atoms with Gasteiger partial charge in [0.2, 0.25) is 0 Å². The summed E-state index contributed by atoms with van der Waals surface area (Å²) < 4.78 is 16.1. The minimum absolute atomic E-state index is 0.0333. The molecule has 4 aliphatic carbocycles. The van der Waals surface area contributed by atoms with E-state index in [0.717, 1.165) is 17.6 Å². The van der Waals surface area contributed by atoms with Crippen LogP contribution in [0.5, 0.6) is 0 Å². The summed E-state index contributed by atoms with van der Waals surface area (Å²) in [5.41, 5.74) is -0.780. The van der Waals surface area contributed by atoms with E-state index in [0.29, 0.717) is 25.7 Å². The molecule has 4 rings (SSSR count). The monoisotopic (exact) mass is 418 g/mol. The lowest BCUT2D eigenvalue weighted by molar-refractivity contribution is -0.172. The zero-order chi connectivity index (χ0) is 22.1. The van der Waals surface area contributed by atoms with Crippen LogP contribution in [0.2, 0.25) is 0 Å². The molecule has 30 heavy (non-hydrogen) atoms. The van der Waals surface area contributed by atoms with E-state index in [9.17, 15) is 19.5 Å². The van der Waals surface area contributed by atoms with Crippen molar-refractivity contribution in [2.75, 3.05) is 14.2 Å². The minimum Gasteiger partial charge on any atom is -0.469 e. The maximum Gasteiger partial charge on any atom is 0.314 e. The molecule has 7 atom stereocenters. The van der Waals surface area contributed by atoms with Crippen molar-refractivity contribution >= 4 is 17.9 Å². The Labute approximate surface area is 176 Å². The molecule has 3 fully saturated rings. The molecule has 0 heterocycles. The second kappa shape index (κ2) is 6.67. The Morgan fingerprint density at radius 3 is 2.53 bits per heavy atom. The van der Waals surface area contributed by atoms with Gasteiger partial charge in [0, 0.05) is 12.8 Å². The van der Waals surface area contributed by atoms with E-state index in [1.54, 1.807) is 6.92 Å². The van der Waals surface area contributed by atoms with Crippen molar-refractivity contribution in [1.29, 1.82) is 0 Å². The number of hydrogen-bond donors (Lipinski definition) is 1. The number of rotatable bonds is 3. The van der Waals surface area contributed by atoms with Crippen molar-refractivity contribution in [3.8, 4) is 0 Å². The Morgan fingerprint density at radius 2 is 1.93 bits per heavy atom. The van der Waals surface area contributed by atoms with Gasteiger partial charge in [0.05, 0.1) is 31.7 Å². The quantitative estimate of drug-likeness (QED) is 0.427. The Kier molecular flexibility index (Phi) is 4.69. The highest BCUT2D eigenvalue weighted by Crippen LogP contribution is 2.74. The van der Waals surface area contributed by atoms with Crippen molar-refractivity contribution in [2.24, 2.45) is 28.6 Å². The topological polar surface area (TPSA) is 99.1 Å². The average Bonchev–Trinajstić information content (AvgIpc) is 3.10. The number of carbonyl (C=O) groups excluding carboxylic acids is 3. The number of aliphatic hydroxyl groups excluding tert-OH is 1. The largest absolute Gasteiger partial charge is 0.469 e. The summed E-state index contributed by atoms with van der Waals surface area (Å²) in [6.07, 6.45) is 3.70. The fourth-order valence-corrected chi connectivity index (χ4v) is 7.21. The van der Waals surface area contributed by atoms with Crippen molar-refractivity contribution in [1.82, 2.24) is 0 Å². The van der Waals surface area contributed by atoms with Gasteiger partial charge in [0.15, 0.2) is 0 Å². The van der Waals surface area contributed by atoms with Crippen molar-refractivity contribution < 1.29 is 33.7 Å². The molecular weight excluding hydrogens is 388 g/mol. The molecule has 0 aliphatic heterocycles. The van der Waals surface area contributed by atoms with Crippen molar-refractivity contribution in [3.05, 3.63) is 23.8 Å². The highest BCUT2D eigenvalue weighted by Gasteiger charge is 2.74. The van der Waals surface area contributed by atoms with Gasteiger partial charge in [-0.25, -0.2) is 0 Å². The van der Waals surface area contributed by atoms with Gasteiger partial charge in [0.1, 0.15) is 5.60 Å². The molecule has 3 saturated carbocycles. The number of ether oxygens (including phenoxy) is 3. The SMILES string of the molecule is C=C1C[C@]23C[C@@]1(OC(C)=O)CC[C@H]2C1=CC[C@@H](O)[C@](C)(C(=O)OC)[C@H]1[C@@H]3C(=O)OC.